The smallest absolute Gasteiger partial charge is 0.407 e. The maximum Gasteiger partial charge on any atom is 0.407 e. The molecule has 2 aromatic rings. The topological polar surface area (TPSA) is 75.6 Å². The van der Waals surface area contributed by atoms with E-state index < -0.39 is 18.1 Å². The molecule has 0 saturated heterocycles. The van der Waals surface area contributed by atoms with Crippen LogP contribution in [0.5, 0.6) is 0 Å². The second kappa shape index (κ2) is 7.98. The lowest BCUT2D eigenvalue weighted by Crippen LogP contribution is -2.31. The zero-order valence-corrected chi connectivity index (χ0v) is 12.9. The summed E-state index contributed by atoms with van der Waals surface area (Å²) >= 11 is 0. The molecule has 0 spiro atoms. The monoisotopic (exact) mass is 313 g/mol. The minimum atomic E-state index is -0.985. The van der Waals surface area contributed by atoms with E-state index >= 15 is 0 Å². The van der Waals surface area contributed by atoms with E-state index in [1.807, 2.05) is 55.5 Å². The number of amides is 1. The Bertz CT molecular complexity index is 670. The van der Waals surface area contributed by atoms with Crippen molar-refractivity contribution in [3.8, 4) is 0 Å². The molecule has 0 fully saturated rings. The fourth-order valence-electron chi connectivity index (χ4n) is 2.30. The van der Waals surface area contributed by atoms with Crippen LogP contribution in [0.25, 0.3) is 0 Å². The van der Waals surface area contributed by atoms with E-state index in [1.165, 1.54) is 0 Å². The van der Waals surface area contributed by atoms with E-state index in [-0.39, 0.29) is 13.0 Å². The molecule has 0 aliphatic carbocycles. The molecule has 0 bridgehead atoms. The molecule has 0 aliphatic heterocycles. The highest BCUT2D eigenvalue weighted by molar-refractivity contribution is 5.72. The van der Waals surface area contributed by atoms with Gasteiger partial charge in [-0.2, -0.15) is 0 Å². The van der Waals surface area contributed by atoms with Crippen LogP contribution in [-0.2, 0) is 16.1 Å². The van der Waals surface area contributed by atoms with Crippen molar-refractivity contribution in [3.63, 3.8) is 0 Å². The quantitative estimate of drug-likeness (QED) is 0.856. The fraction of sp³-hybridized carbons (Fsp3) is 0.222. The standard InChI is InChI=1S/C18H19NO4/c1-13-7-5-6-10-15(13)16(11-17(20)21)19-18(22)23-12-14-8-3-2-4-9-14/h2-10,16H,11-12H2,1H3,(H,19,22)(H,20,21)/t16-/m0/s1. The van der Waals surface area contributed by atoms with E-state index in [1.54, 1.807) is 6.07 Å². The van der Waals surface area contributed by atoms with Crippen molar-refractivity contribution < 1.29 is 19.4 Å². The Kier molecular flexibility index (Phi) is 5.74. The maximum absolute atomic E-state index is 12.0. The third-order valence-electron chi connectivity index (χ3n) is 3.45. The summed E-state index contributed by atoms with van der Waals surface area (Å²) in [5, 5.41) is 11.7. The number of carboxylic acid groups (broad SMARTS) is 1. The Hall–Kier alpha value is -2.82. The summed E-state index contributed by atoms with van der Waals surface area (Å²) in [6, 6.07) is 16.0. The molecular weight excluding hydrogens is 294 g/mol. The number of carbonyl (C=O) groups excluding carboxylic acids is 1. The van der Waals surface area contributed by atoms with Crippen LogP contribution in [0.1, 0.15) is 29.2 Å². The van der Waals surface area contributed by atoms with Crippen molar-refractivity contribution in [2.45, 2.75) is 26.0 Å². The second-order valence-electron chi connectivity index (χ2n) is 5.21. The van der Waals surface area contributed by atoms with Gasteiger partial charge in [0, 0.05) is 0 Å². The Morgan fingerprint density at radius 2 is 1.74 bits per heavy atom. The maximum atomic E-state index is 12.0. The summed E-state index contributed by atoms with van der Waals surface area (Å²) in [6.07, 6.45) is -0.839. The molecular formula is C18H19NO4. The first-order valence-corrected chi connectivity index (χ1v) is 7.31. The third-order valence-corrected chi connectivity index (χ3v) is 3.45. The number of nitrogens with one attached hydrogen (secondary N) is 1. The van der Waals surface area contributed by atoms with Gasteiger partial charge in [0.05, 0.1) is 12.5 Å². The number of aryl methyl sites for hydroxylation is 1. The van der Waals surface area contributed by atoms with Crippen molar-refractivity contribution in [2.75, 3.05) is 0 Å². The zero-order chi connectivity index (χ0) is 16.7. The minimum absolute atomic E-state index is 0.139. The van der Waals surface area contributed by atoms with Crippen LogP contribution in [0.15, 0.2) is 54.6 Å². The molecule has 120 valence electrons. The lowest BCUT2D eigenvalue weighted by Gasteiger charge is -2.19. The highest BCUT2D eigenvalue weighted by Gasteiger charge is 2.20. The predicted molar refractivity (Wildman–Crippen MR) is 85.9 cm³/mol. The van der Waals surface area contributed by atoms with Crippen LogP contribution in [0.3, 0.4) is 0 Å². The van der Waals surface area contributed by atoms with Crippen LogP contribution in [-0.4, -0.2) is 17.2 Å². The first-order valence-electron chi connectivity index (χ1n) is 7.31. The van der Waals surface area contributed by atoms with Crippen LogP contribution in [0.2, 0.25) is 0 Å². The van der Waals surface area contributed by atoms with Gasteiger partial charge in [-0.05, 0) is 23.6 Å². The number of hydrogen-bond acceptors (Lipinski definition) is 3. The normalized spacial score (nSPS) is 11.5. The van der Waals surface area contributed by atoms with Crippen molar-refractivity contribution in [2.24, 2.45) is 0 Å². The molecule has 1 atom stereocenters. The van der Waals surface area contributed by atoms with Gasteiger partial charge in [0.25, 0.3) is 0 Å². The van der Waals surface area contributed by atoms with Gasteiger partial charge in [-0.3, -0.25) is 4.79 Å². The SMILES string of the molecule is Cc1ccccc1[C@H](CC(=O)O)NC(=O)OCc1ccccc1. The highest BCUT2D eigenvalue weighted by Crippen LogP contribution is 2.21. The molecule has 0 unspecified atom stereocenters. The summed E-state index contributed by atoms with van der Waals surface area (Å²) in [5.41, 5.74) is 2.56. The van der Waals surface area contributed by atoms with Crippen molar-refractivity contribution in [3.05, 3.63) is 71.3 Å². The van der Waals surface area contributed by atoms with E-state index in [2.05, 4.69) is 5.32 Å². The van der Waals surface area contributed by atoms with Crippen molar-refractivity contribution >= 4 is 12.1 Å². The number of hydrogen-bond donors (Lipinski definition) is 2. The predicted octanol–water partition coefficient (Wildman–Crippen LogP) is 3.44. The molecule has 0 heterocycles. The fourth-order valence-corrected chi connectivity index (χ4v) is 2.30. The number of ether oxygens (including phenoxy) is 1. The van der Waals surface area contributed by atoms with Gasteiger partial charge in [-0.25, -0.2) is 4.79 Å². The molecule has 23 heavy (non-hydrogen) atoms. The third kappa shape index (κ3) is 5.14. The average molecular weight is 313 g/mol. The van der Waals surface area contributed by atoms with Gasteiger partial charge in [0.2, 0.25) is 0 Å². The van der Waals surface area contributed by atoms with Crippen LogP contribution in [0, 0.1) is 6.92 Å². The van der Waals surface area contributed by atoms with Crippen molar-refractivity contribution in [1.29, 1.82) is 0 Å². The molecule has 5 heteroatoms. The number of carbonyl (C=O) groups is 2. The Morgan fingerprint density at radius 1 is 1.09 bits per heavy atom. The van der Waals surface area contributed by atoms with E-state index in [9.17, 15) is 9.59 Å². The van der Waals surface area contributed by atoms with Crippen molar-refractivity contribution in [1.82, 2.24) is 5.32 Å². The molecule has 1 amide bonds. The van der Waals surface area contributed by atoms with Crippen LogP contribution >= 0.6 is 0 Å². The number of aliphatic carboxylic acids is 1. The molecule has 2 aromatic carbocycles. The zero-order valence-electron chi connectivity index (χ0n) is 12.9. The molecule has 2 N–H and O–H groups in total. The Balaban J connectivity index is 2.01. The lowest BCUT2D eigenvalue weighted by molar-refractivity contribution is -0.137. The minimum Gasteiger partial charge on any atom is -0.481 e. The summed E-state index contributed by atoms with van der Waals surface area (Å²) in [7, 11) is 0. The summed E-state index contributed by atoms with van der Waals surface area (Å²) in [5.74, 6) is -0.985. The summed E-state index contributed by atoms with van der Waals surface area (Å²) < 4.78 is 5.16. The molecule has 5 nitrogen and oxygen atoms in total. The molecule has 2 rings (SSSR count). The molecule has 0 saturated carbocycles. The van der Waals surface area contributed by atoms with E-state index in [0.29, 0.717) is 0 Å². The van der Waals surface area contributed by atoms with Crippen LogP contribution < -0.4 is 5.32 Å². The number of alkyl carbamates (subject to hydrolysis) is 1. The molecule has 0 radical (unpaired) electrons. The summed E-state index contributed by atoms with van der Waals surface area (Å²) in [6.45, 7) is 2.02. The molecule has 0 aromatic heterocycles. The van der Waals surface area contributed by atoms with Gasteiger partial charge < -0.3 is 15.2 Å². The number of benzene rings is 2. The van der Waals surface area contributed by atoms with Gasteiger partial charge in [-0.1, -0.05) is 54.6 Å². The molecule has 0 aliphatic rings. The first-order chi connectivity index (χ1) is 11.1. The number of carboxylic acids is 1. The van der Waals surface area contributed by atoms with Gasteiger partial charge in [0.15, 0.2) is 0 Å². The van der Waals surface area contributed by atoms with Gasteiger partial charge in [-0.15, -0.1) is 0 Å². The van der Waals surface area contributed by atoms with Gasteiger partial charge >= 0.3 is 12.1 Å². The Labute approximate surface area is 134 Å². The van der Waals surface area contributed by atoms with E-state index in [4.69, 9.17) is 9.84 Å². The average Bonchev–Trinajstić information content (AvgIpc) is 2.53. The van der Waals surface area contributed by atoms with E-state index in [0.717, 1.165) is 16.7 Å². The second-order valence-corrected chi connectivity index (χ2v) is 5.21. The largest absolute Gasteiger partial charge is 0.481 e. The van der Waals surface area contributed by atoms with Gasteiger partial charge in [0.1, 0.15) is 6.61 Å². The lowest BCUT2D eigenvalue weighted by atomic mass is 9.99. The number of rotatable bonds is 6. The summed E-state index contributed by atoms with van der Waals surface area (Å²) in [4.78, 5) is 23.0. The Morgan fingerprint density at radius 3 is 2.39 bits per heavy atom. The first kappa shape index (κ1) is 16.5. The van der Waals surface area contributed by atoms with Crippen LogP contribution in [0.4, 0.5) is 4.79 Å². The highest BCUT2D eigenvalue weighted by atomic mass is 16.5.